The van der Waals surface area contributed by atoms with Gasteiger partial charge in [-0.2, -0.15) is 0 Å². The Balaban J connectivity index is 2.06. The smallest absolute Gasteiger partial charge is 0.251 e. The van der Waals surface area contributed by atoms with Gasteiger partial charge in [-0.15, -0.1) is 0 Å². The number of nitrogens with one attached hydrogen (secondary N) is 1. The van der Waals surface area contributed by atoms with Gasteiger partial charge in [-0.05, 0) is 18.2 Å². The predicted molar refractivity (Wildman–Crippen MR) is 84.4 cm³/mol. The molecule has 1 aliphatic rings. The number of benzene rings is 1. The average molecular weight is 365 g/mol. The second-order valence-corrected chi connectivity index (χ2v) is 8.20. The Kier molecular flexibility index (Phi) is 5.61. The average Bonchev–Trinajstić information content (AvgIpc) is 2.88. The van der Waals surface area contributed by atoms with Gasteiger partial charge in [0.15, 0.2) is 0 Å². The number of nitrogens with zero attached hydrogens (tertiary/aromatic N) is 1. The molecule has 23 heavy (non-hydrogen) atoms. The Hall–Kier alpha value is -1.22. The van der Waals surface area contributed by atoms with Crippen LogP contribution in [0.4, 0.5) is 4.39 Å². The molecule has 2 rings (SSSR count). The summed E-state index contributed by atoms with van der Waals surface area (Å²) in [4.78, 5) is 12.2. The molecule has 2 atom stereocenters. The largest absolute Gasteiger partial charge is 0.379 e. The van der Waals surface area contributed by atoms with Gasteiger partial charge in [0.25, 0.3) is 5.91 Å². The highest BCUT2D eigenvalue weighted by Gasteiger charge is 2.34. The molecular formula is C14H18ClFN2O4S. The van der Waals surface area contributed by atoms with Gasteiger partial charge in [0.1, 0.15) is 5.82 Å². The molecule has 0 aliphatic carbocycles. The van der Waals surface area contributed by atoms with Gasteiger partial charge in [0.05, 0.1) is 30.0 Å². The number of rotatable bonds is 5. The third-order valence-electron chi connectivity index (χ3n) is 3.68. The van der Waals surface area contributed by atoms with Crippen molar-refractivity contribution in [3.63, 3.8) is 0 Å². The lowest BCUT2D eigenvalue weighted by atomic mass is 10.1. The Morgan fingerprint density at radius 2 is 2.13 bits per heavy atom. The number of ether oxygens (including phenoxy) is 1. The van der Waals surface area contributed by atoms with E-state index in [9.17, 15) is 17.6 Å². The third kappa shape index (κ3) is 4.41. The zero-order valence-corrected chi connectivity index (χ0v) is 14.3. The molecule has 9 heteroatoms. The molecule has 1 amide bonds. The van der Waals surface area contributed by atoms with Gasteiger partial charge < -0.3 is 10.1 Å². The molecule has 1 aliphatic heterocycles. The lowest BCUT2D eigenvalue weighted by molar-refractivity contribution is 0.0926. The van der Waals surface area contributed by atoms with Crippen LogP contribution in [0.15, 0.2) is 18.2 Å². The molecule has 1 aromatic carbocycles. The molecule has 1 heterocycles. The summed E-state index contributed by atoms with van der Waals surface area (Å²) in [5, 5.41) is 2.58. The van der Waals surface area contributed by atoms with Gasteiger partial charge in [-0.25, -0.2) is 17.1 Å². The van der Waals surface area contributed by atoms with E-state index < -0.39 is 27.8 Å². The Morgan fingerprint density at radius 3 is 2.74 bits per heavy atom. The van der Waals surface area contributed by atoms with Crippen molar-refractivity contribution in [2.75, 3.05) is 33.1 Å². The highest BCUT2D eigenvalue weighted by Crippen LogP contribution is 2.19. The monoisotopic (exact) mass is 364 g/mol. The number of hydrogen-bond acceptors (Lipinski definition) is 4. The van der Waals surface area contributed by atoms with E-state index in [0.29, 0.717) is 0 Å². The van der Waals surface area contributed by atoms with Crippen molar-refractivity contribution in [2.45, 2.75) is 6.04 Å². The molecule has 1 N–H and O–H groups in total. The number of hydrogen-bond donors (Lipinski definition) is 1. The fourth-order valence-electron chi connectivity index (χ4n) is 2.23. The van der Waals surface area contributed by atoms with Gasteiger partial charge in [0.2, 0.25) is 10.0 Å². The summed E-state index contributed by atoms with van der Waals surface area (Å²) in [5.41, 5.74) is 0.206. The molecule has 0 radical (unpaired) electrons. The van der Waals surface area contributed by atoms with E-state index in [1.807, 2.05) is 0 Å². The summed E-state index contributed by atoms with van der Waals surface area (Å²) in [6.07, 6.45) is 0. The van der Waals surface area contributed by atoms with E-state index >= 15 is 0 Å². The molecule has 0 unspecified atom stereocenters. The number of halogens is 2. The van der Waals surface area contributed by atoms with Crippen LogP contribution in [0.5, 0.6) is 0 Å². The number of carbonyl (C=O) groups excluding carboxylic acids is 1. The highest BCUT2D eigenvalue weighted by molar-refractivity contribution is 7.89. The van der Waals surface area contributed by atoms with E-state index in [1.165, 1.54) is 26.2 Å². The van der Waals surface area contributed by atoms with E-state index in [-0.39, 0.29) is 35.5 Å². The van der Waals surface area contributed by atoms with Crippen LogP contribution in [-0.2, 0) is 14.8 Å². The van der Waals surface area contributed by atoms with Crippen molar-refractivity contribution in [1.29, 1.82) is 0 Å². The summed E-state index contributed by atoms with van der Waals surface area (Å²) in [5.74, 6) is -1.52. The number of carbonyl (C=O) groups is 1. The van der Waals surface area contributed by atoms with Gasteiger partial charge in [-0.3, -0.25) is 4.79 Å². The first-order chi connectivity index (χ1) is 10.7. The fraction of sp³-hybridized carbons (Fsp3) is 0.500. The Labute approximate surface area is 139 Å². The van der Waals surface area contributed by atoms with Crippen LogP contribution < -0.4 is 5.32 Å². The maximum Gasteiger partial charge on any atom is 0.251 e. The van der Waals surface area contributed by atoms with Crippen LogP contribution in [0.25, 0.3) is 0 Å². The van der Waals surface area contributed by atoms with Crippen LogP contribution in [0.1, 0.15) is 10.4 Å². The maximum absolute atomic E-state index is 13.1. The summed E-state index contributed by atoms with van der Waals surface area (Å²) < 4.78 is 43.5. The van der Waals surface area contributed by atoms with E-state index in [0.717, 1.165) is 10.4 Å². The molecule has 0 aromatic heterocycles. The van der Waals surface area contributed by atoms with E-state index in [4.69, 9.17) is 16.3 Å². The van der Waals surface area contributed by atoms with Crippen LogP contribution in [0, 0.1) is 11.7 Å². The first-order valence-corrected chi connectivity index (χ1v) is 8.93. The van der Waals surface area contributed by atoms with Crippen molar-refractivity contribution >= 4 is 27.5 Å². The fourth-order valence-corrected chi connectivity index (χ4v) is 3.58. The van der Waals surface area contributed by atoms with Crippen molar-refractivity contribution in [2.24, 2.45) is 5.92 Å². The van der Waals surface area contributed by atoms with Gasteiger partial charge in [0, 0.05) is 25.6 Å². The van der Waals surface area contributed by atoms with Crippen LogP contribution in [0.2, 0.25) is 5.02 Å². The number of sulfonamides is 1. The number of amides is 1. The van der Waals surface area contributed by atoms with Crippen molar-refractivity contribution in [3.05, 3.63) is 34.6 Å². The van der Waals surface area contributed by atoms with Crippen LogP contribution in [-0.4, -0.2) is 57.7 Å². The lowest BCUT2D eigenvalue weighted by Crippen LogP contribution is -2.43. The molecule has 1 saturated heterocycles. The highest BCUT2D eigenvalue weighted by atomic mass is 35.5. The van der Waals surface area contributed by atoms with Gasteiger partial charge in [-0.1, -0.05) is 11.6 Å². The first kappa shape index (κ1) is 18.1. The van der Waals surface area contributed by atoms with Gasteiger partial charge >= 0.3 is 0 Å². The van der Waals surface area contributed by atoms with Crippen LogP contribution in [0.3, 0.4) is 0 Å². The quantitative estimate of drug-likeness (QED) is 0.849. The first-order valence-electron chi connectivity index (χ1n) is 6.94. The summed E-state index contributed by atoms with van der Waals surface area (Å²) >= 11 is 5.66. The van der Waals surface area contributed by atoms with Crippen molar-refractivity contribution in [3.8, 4) is 0 Å². The lowest BCUT2D eigenvalue weighted by Gasteiger charge is -2.21. The van der Waals surface area contributed by atoms with E-state index in [2.05, 4.69) is 5.32 Å². The SMILES string of the molecule is CN(C)S(=O)(=O)C[C@@H]1COC[C@@H]1NC(=O)c1ccc(F)c(Cl)c1. The second-order valence-electron chi connectivity index (χ2n) is 5.57. The molecule has 0 bridgehead atoms. The standard InChI is InChI=1S/C14H18ClFN2O4S/c1-18(2)23(20,21)8-10-6-22-7-13(10)17-14(19)9-3-4-12(16)11(15)5-9/h3-5,10,13H,6-8H2,1-2H3,(H,17,19)/t10-,13-/m0/s1. The summed E-state index contributed by atoms with van der Waals surface area (Å²) in [7, 11) is -0.481. The van der Waals surface area contributed by atoms with Crippen molar-refractivity contribution in [1.82, 2.24) is 9.62 Å². The molecular weight excluding hydrogens is 347 g/mol. The minimum absolute atomic E-state index is 0.116. The van der Waals surface area contributed by atoms with Crippen molar-refractivity contribution < 1.29 is 22.3 Å². The molecule has 1 fully saturated rings. The molecule has 0 saturated carbocycles. The normalized spacial score (nSPS) is 21.6. The molecule has 128 valence electrons. The Bertz CT molecular complexity index is 696. The maximum atomic E-state index is 13.1. The molecule has 1 aromatic rings. The Morgan fingerprint density at radius 1 is 1.43 bits per heavy atom. The second kappa shape index (κ2) is 7.12. The summed E-state index contributed by atoms with van der Waals surface area (Å²) in [6, 6.07) is 3.23. The minimum Gasteiger partial charge on any atom is -0.379 e. The zero-order valence-electron chi connectivity index (χ0n) is 12.8. The minimum atomic E-state index is -3.40. The summed E-state index contributed by atoms with van der Waals surface area (Å²) in [6.45, 7) is 0.483. The topological polar surface area (TPSA) is 75.7 Å². The zero-order chi connectivity index (χ0) is 17.2. The third-order valence-corrected chi connectivity index (χ3v) is 5.93. The van der Waals surface area contributed by atoms with E-state index in [1.54, 1.807) is 0 Å². The van der Waals surface area contributed by atoms with Crippen LogP contribution >= 0.6 is 11.6 Å². The molecule has 0 spiro atoms. The predicted octanol–water partition coefficient (Wildman–Crippen LogP) is 1.12. The molecule has 6 nitrogen and oxygen atoms in total.